The third-order valence-electron chi connectivity index (χ3n) is 8.70. The predicted molar refractivity (Wildman–Crippen MR) is 170 cm³/mol. The van der Waals surface area contributed by atoms with E-state index in [1.54, 1.807) is 29.2 Å². The maximum atomic E-state index is 14.1. The minimum atomic E-state index is -0.741. The molecular weight excluding hydrogens is 644 g/mol. The SMILES string of the molecule is CC(=O)c1nn2c3cc(ccc13)NC(=O)OCCCC/C=C/COC[C@@]13C[C@@H](C(=O)Nc4nc(Br)ccc4C)N(C(=O)C2)[C@@H]1C3. The first-order valence-electron chi connectivity index (χ1n) is 15.1. The van der Waals surface area contributed by atoms with Crippen LogP contribution in [0.1, 0.15) is 55.1 Å². The number of amides is 3. The average Bonchev–Trinajstić information content (AvgIpc) is 3.42. The number of carbonyl (C=O) groups excluding carboxylic acids is 4. The van der Waals surface area contributed by atoms with Crippen LogP contribution in [-0.2, 0) is 25.6 Å². The van der Waals surface area contributed by atoms with Crippen LogP contribution >= 0.6 is 15.9 Å². The van der Waals surface area contributed by atoms with Crippen molar-refractivity contribution in [3.8, 4) is 0 Å². The first kappa shape index (κ1) is 30.9. The quantitative estimate of drug-likeness (QED) is 0.224. The monoisotopic (exact) mass is 678 g/mol. The van der Waals surface area contributed by atoms with E-state index in [9.17, 15) is 19.2 Å². The fraction of sp³-hybridized carbons (Fsp3) is 0.438. The normalized spacial score (nSPS) is 24.7. The van der Waals surface area contributed by atoms with Crippen LogP contribution in [0.5, 0.6) is 0 Å². The van der Waals surface area contributed by atoms with Gasteiger partial charge in [0.25, 0.3) is 0 Å². The lowest BCUT2D eigenvalue weighted by Crippen LogP contribution is -2.47. The Balaban J connectivity index is 1.33. The lowest BCUT2D eigenvalue weighted by molar-refractivity contribution is -0.138. The highest BCUT2D eigenvalue weighted by Gasteiger charge is 2.67. The number of hydrogen-bond donors (Lipinski definition) is 2. The number of nitrogens with zero attached hydrogens (tertiary/aromatic N) is 4. The number of pyridine rings is 1. The molecule has 45 heavy (non-hydrogen) atoms. The standard InChI is InChI=1S/C32H35BrN6O6/c1-19-8-11-26(33)35-29(19)36-30(42)24-15-32-16-25(32)39(24)27(41)17-38-23-14-21(9-10-22(23)28(37-38)20(2)40)34-31(43)45-13-7-5-3-4-6-12-44-18-32/h4,6,8-11,14,24-25H,3,5,7,12-13,15-18H2,1-2H3,(H,34,43)(H,35,36,42)/b6-4+/t24-,25+,32-/m0/s1. The molecule has 2 aliphatic heterocycles. The fourth-order valence-electron chi connectivity index (χ4n) is 6.29. The number of nitrogens with one attached hydrogen (secondary N) is 2. The molecule has 2 fully saturated rings. The van der Waals surface area contributed by atoms with Gasteiger partial charge >= 0.3 is 6.09 Å². The molecule has 6 rings (SSSR count). The van der Waals surface area contributed by atoms with Crippen LogP contribution in [0.4, 0.5) is 16.3 Å². The molecule has 13 heteroatoms. The Kier molecular flexibility index (Phi) is 8.74. The van der Waals surface area contributed by atoms with Gasteiger partial charge in [-0.3, -0.25) is 24.4 Å². The smallest absolute Gasteiger partial charge is 0.411 e. The molecule has 1 saturated heterocycles. The van der Waals surface area contributed by atoms with E-state index in [-0.39, 0.29) is 47.9 Å². The van der Waals surface area contributed by atoms with Crippen molar-refractivity contribution >= 4 is 62.0 Å². The van der Waals surface area contributed by atoms with E-state index in [2.05, 4.69) is 36.6 Å². The topological polar surface area (TPSA) is 145 Å². The Bertz CT molecular complexity index is 1700. The molecule has 1 aromatic carbocycles. The minimum absolute atomic E-state index is 0.170. The first-order valence-corrected chi connectivity index (χ1v) is 15.9. The number of allylic oxidation sites excluding steroid dienone is 1. The largest absolute Gasteiger partial charge is 0.449 e. The zero-order chi connectivity index (χ0) is 31.7. The molecule has 3 aromatic rings. The average molecular weight is 680 g/mol. The van der Waals surface area contributed by atoms with Crippen molar-refractivity contribution in [1.82, 2.24) is 19.7 Å². The number of benzene rings is 1. The third-order valence-corrected chi connectivity index (χ3v) is 9.14. The van der Waals surface area contributed by atoms with Crippen molar-refractivity contribution in [2.75, 3.05) is 30.5 Å². The molecule has 3 atom stereocenters. The summed E-state index contributed by atoms with van der Waals surface area (Å²) in [4.78, 5) is 58.9. The van der Waals surface area contributed by atoms with Gasteiger partial charge in [0, 0.05) is 29.5 Å². The summed E-state index contributed by atoms with van der Waals surface area (Å²) < 4.78 is 13.4. The van der Waals surface area contributed by atoms with Crippen LogP contribution in [0.3, 0.4) is 0 Å². The summed E-state index contributed by atoms with van der Waals surface area (Å²) in [6.07, 6.45) is 7.01. The summed E-state index contributed by atoms with van der Waals surface area (Å²) in [6.45, 7) is 4.20. The van der Waals surface area contributed by atoms with Gasteiger partial charge in [0.05, 0.1) is 25.3 Å². The molecular formula is C32H35BrN6O6. The van der Waals surface area contributed by atoms with E-state index in [1.165, 1.54) is 11.6 Å². The van der Waals surface area contributed by atoms with Crippen molar-refractivity contribution < 1.29 is 28.7 Å². The molecule has 1 saturated carbocycles. The molecule has 1 aliphatic carbocycles. The third kappa shape index (κ3) is 6.50. The van der Waals surface area contributed by atoms with E-state index in [1.807, 2.05) is 25.1 Å². The number of anilines is 2. The molecule has 3 amide bonds. The van der Waals surface area contributed by atoms with E-state index in [4.69, 9.17) is 9.47 Å². The number of fused-ring (bicyclic) bond motifs is 1. The molecule has 2 N–H and O–H groups in total. The second-order valence-electron chi connectivity index (χ2n) is 11.9. The van der Waals surface area contributed by atoms with Crippen LogP contribution in [0.25, 0.3) is 10.9 Å². The van der Waals surface area contributed by atoms with Crippen LogP contribution < -0.4 is 10.6 Å². The Morgan fingerprint density at radius 1 is 1.13 bits per heavy atom. The van der Waals surface area contributed by atoms with Crippen molar-refractivity contribution in [2.45, 2.75) is 64.6 Å². The van der Waals surface area contributed by atoms with Crippen molar-refractivity contribution in [3.63, 3.8) is 0 Å². The summed E-state index contributed by atoms with van der Waals surface area (Å²) >= 11 is 3.36. The molecule has 0 spiro atoms. The molecule has 4 bridgehead atoms. The zero-order valence-corrected chi connectivity index (χ0v) is 26.8. The lowest BCUT2D eigenvalue weighted by atomic mass is 10.00. The van der Waals surface area contributed by atoms with E-state index in [0.717, 1.165) is 24.8 Å². The molecule has 0 radical (unpaired) electrons. The summed E-state index contributed by atoms with van der Waals surface area (Å²) in [5, 5.41) is 10.7. The first-order chi connectivity index (χ1) is 21.6. The molecule has 2 aromatic heterocycles. The van der Waals surface area contributed by atoms with Gasteiger partial charge in [-0.1, -0.05) is 18.2 Å². The van der Waals surface area contributed by atoms with Gasteiger partial charge < -0.3 is 19.7 Å². The van der Waals surface area contributed by atoms with Crippen LogP contribution in [0.15, 0.2) is 47.1 Å². The zero-order valence-electron chi connectivity index (χ0n) is 25.2. The number of piperidine rings is 1. The number of ether oxygens (including phenoxy) is 2. The Labute approximate surface area is 268 Å². The minimum Gasteiger partial charge on any atom is -0.449 e. The highest BCUT2D eigenvalue weighted by Crippen LogP contribution is 2.60. The maximum absolute atomic E-state index is 14.1. The van der Waals surface area contributed by atoms with Gasteiger partial charge in [-0.2, -0.15) is 5.10 Å². The highest BCUT2D eigenvalue weighted by atomic mass is 79.9. The van der Waals surface area contributed by atoms with Gasteiger partial charge in [-0.15, -0.1) is 0 Å². The van der Waals surface area contributed by atoms with Crippen LogP contribution in [0.2, 0.25) is 0 Å². The molecule has 12 nitrogen and oxygen atoms in total. The number of cyclic esters (lactones) is 1. The van der Waals surface area contributed by atoms with Crippen molar-refractivity contribution in [3.05, 3.63) is 58.3 Å². The Morgan fingerprint density at radius 3 is 2.80 bits per heavy atom. The summed E-state index contributed by atoms with van der Waals surface area (Å²) in [7, 11) is 0. The summed E-state index contributed by atoms with van der Waals surface area (Å²) in [5.41, 5.74) is 1.64. The number of aryl methyl sites for hydroxylation is 1. The van der Waals surface area contributed by atoms with Crippen molar-refractivity contribution in [1.29, 1.82) is 0 Å². The number of hydrogen-bond acceptors (Lipinski definition) is 8. The van der Waals surface area contributed by atoms with Gasteiger partial charge in [0.2, 0.25) is 11.8 Å². The summed E-state index contributed by atoms with van der Waals surface area (Å²) in [6, 6.07) is 7.77. The molecule has 3 aliphatic rings. The van der Waals surface area contributed by atoms with E-state index in [0.29, 0.717) is 53.1 Å². The van der Waals surface area contributed by atoms with Gasteiger partial charge in [-0.25, -0.2) is 9.78 Å². The summed E-state index contributed by atoms with van der Waals surface area (Å²) in [5.74, 6) is -0.455. The lowest BCUT2D eigenvalue weighted by Gasteiger charge is -2.27. The van der Waals surface area contributed by atoms with E-state index >= 15 is 0 Å². The van der Waals surface area contributed by atoms with Gasteiger partial charge in [0.1, 0.15) is 28.7 Å². The van der Waals surface area contributed by atoms with Crippen LogP contribution in [0, 0.1) is 12.3 Å². The highest BCUT2D eigenvalue weighted by molar-refractivity contribution is 9.10. The maximum Gasteiger partial charge on any atom is 0.411 e. The molecule has 236 valence electrons. The van der Waals surface area contributed by atoms with Gasteiger partial charge in [0.15, 0.2) is 5.78 Å². The number of rotatable bonds is 3. The molecule has 0 unspecified atom stereocenters. The van der Waals surface area contributed by atoms with E-state index < -0.39 is 12.1 Å². The number of carbonyl (C=O) groups is 4. The number of ketones is 1. The second kappa shape index (κ2) is 12.7. The van der Waals surface area contributed by atoms with Crippen molar-refractivity contribution in [2.24, 2.45) is 5.41 Å². The Morgan fingerprint density at radius 2 is 1.98 bits per heavy atom. The number of Topliss-reactive ketones (excluding diaryl/α,β-unsaturated/α-hetero) is 1. The Hall–Kier alpha value is -4.10. The van der Waals surface area contributed by atoms with Gasteiger partial charge in [-0.05, 0) is 84.8 Å². The number of aromatic nitrogens is 3. The fourth-order valence-corrected chi connectivity index (χ4v) is 6.60. The van der Waals surface area contributed by atoms with Crippen LogP contribution in [-0.4, -0.2) is 75.3 Å². The molecule has 4 heterocycles. The second-order valence-corrected chi connectivity index (χ2v) is 12.7. The predicted octanol–water partition coefficient (Wildman–Crippen LogP) is 5.01. The number of halogens is 1.